The molecule has 1 aromatic carbocycles. The summed E-state index contributed by atoms with van der Waals surface area (Å²) >= 11 is 0. The third-order valence-corrected chi connectivity index (χ3v) is 4.06. The minimum absolute atomic E-state index is 0.475. The molecule has 1 aliphatic rings. The Labute approximate surface area is 126 Å². The van der Waals surface area contributed by atoms with Crippen LogP contribution < -0.4 is 10.1 Å². The van der Waals surface area contributed by atoms with Crippen molar-refractivity contribution in [2.45, 2.75) is 38.8 Å². The van der Waals surface area contributed by atoms with E-state index in [1.807, 2.05) is 12.1 Å². The van der Waals surface area contributed by atoms with Crippen LogP contribution in [0.25, 0.3) is 0 Å². The number of fused-ring (bicyclic) bond motifs is 1. The number of hydrogen-bond acceptors (Lipinski definition) is 3. The van der Waals surface area contributed by atoms with E-state index in [1.165, 1.54) is 24.0 Å². The Hall–Kier alpha value is -1.87. The van der Waals surface area contributed by atoms with Crippen LogP contribution in [0.2, 0.25) is 0 Å². The molecule has 0 saturated carbocycles. The topological polar surface area (TPSA) is 34.1 Å². The Bertz CT molecular complexity index is 583. The average Bonchev–Trinajstić information content (AvgIpc) is 2.54. The fraction of sp³-hybridized carbons (Fsp3) is 0.389. The highest BCUT2D eigenvalue weighted by atomic mass is 16.5. The number of hydrogen-bond donors (Lipinski definition) is 1. The summed E-state index contributed by atoms with van der Waals surface area (Å²) in [4.78, 5) is 4.04. The van der Waals surface area contributed by atoms with Gasteiger partial charge in [-0.25, -0.2) is 0 Å². The molecule has 1 heterocycles. The van der Waals surface area contributed by atoms with E-state index in [-0.39, 0.29) is 0 Å². The lowest BCUT2D eigenvalue weighted by molar-refractivity contribution is 0.299. The quantitative estimate of drug-likeness (QED) is 0.909. The Kier molecular flexibility index (Phi) is 4.51. The van der Waals surface area contributed by atoms with Gasteiger partial charge in [0, 0.05) is 18.4 Å². The number of rotatable bonds is 5. The first-order valence-electron chi connectivity index (χ1n) is 7.75. The van der Waals surface area contributed by atoms with Crippen molar-refractivity contribution >= 4 is 0 Å². The summed E-state index contributed by atoms with van der Waals surface area (Å²) < 4.78 is 6.06. The molecule has 0 aliphatic heterocycles. The van der Waals surface area contributed by atoms with E-state index in [1.54, 1.807) is 12.4 Å². The van der Waals surface area contributed by atoms with Gasteiger partial charge in [-0.1, -0.05) is 19.1 Å². The Balaban J connectivity index is 1.78. The molecule has 3 nitrogen and oxygen atoms in total. The highest BCUT2D eigenvalue weighted by Gasteiger charge is 2.21. The largest absolute Gasteiger partial charge is 0.489 e. The molecule has 21 heavy (non-hydrogen) atoms. The maximum Gasteiger partial charge on any atom is 0.123 e. The average molecular weight is 282 g/mol. The van der Waals surface area contributed by atoms with Gasteiger partial charge < -0.3 is 10.1 Å². The molecule has 3 rings (SSSR count). The van der Waals surface area contributed by atoms with Crippen LogP contribution in [-0.2, 0) is 13.0 Å². The monoisotopic (exact) mass is 282 g/mol. The molecule has 0 amide bonds. The molecule has 1 aliphatic carbocycles. The van der Waals surface area contributed by atoms with Crippen molar-refractivity contribution in [1.82, 2.24) is 10.3 Å². The lowest BCUT2D eigenvalue weighted by Crippen LogP contribution is -2.25. The summed E-state index contributed by atoms with van der Waals surface area (Å²) in [5.41, 5.74) is 3.95. The number of aromatic nitrogens is 1. The Morgan fingerprint density at radius 1 is 1.24 bits per heavy atom. The van der Waals surface area contributed by atoms with Gasteiger partial charge in [-0.15, -0.1) is 0 Å². The van der Waals surface area contributed by atoms with Gasteiger partial charge in [0.05, 0.1) is 0 Å². The summed E-state index contributed by atoms with van der Waals surface area (Å²) in [5, 5.41) is 3.58. The van der Waals surface area contributed by atoms with Gasteiger partial charge in [-0.05, 0) is 60.7 Å². The van der Waals surface area contributed by atoms with E-state index in [9.17, 15) is 0 Å². The van der Waals surface area contributed by atoms with Gasteiger partial charge in [-0.3, -0.25) is 4.98 Å². The van der Waals surface area contributed by atoms with Crippen molar-refractivity contribution in [3.63, 3.8) is 0 Å². The van der Waals surface area contributed by atoms with Crippen molar-refractivity contribution in [1.29, 1.82) is 0 Å². The molecule has 0 saturated heterocycles. The number of nitrogens with zero attached hydrogens (tertiary/aromatic N) is 1. The fourth-order valence-electron chi connectivity index (χ4n) is 3.05. The summed E-state index contributed by atoms with van der Waals surface area (Å²) in [6.45, 7) is 3.77. The second-order valence-corrected chi connectivity index (χ2v) is 5.47. The van der Waals surface area contributed by atoms with E-state index < -0.39 is 0 Å². The highest BCUT2D eigenvalue weighted by Crippen LogP contribution is 2.35. The van der Waals surface area contributed by atoms with Gasteiger partial charge in [0.1, 0.15) is 12.4 Å². The lowest BCUT2D eigenvalue weighted by Gasteiger charge is -2.27. The molecule has 0 bridgehead atoms. The minimum atomic E-state index is 0.475. The van der Waals surface area contributed by atoms with Gasteiger partial charge in [0.25, 0.3) is 0 Å². The zero-order valence-electron chi connectivity index (χ0n) is 12.5. The SMILES string of the molecule is CCNC1CCCc2c(OCc3ccncc3)cccc21. The van der Waals surface area contributed by atoms with Crippen LogP contribution in [0.15, 0.2) is 42.7 Å². The van der Waals surface area contributed by atoms with Crippen molar-refractivity contribution in [3.8, 4) is 5.75 Å². The van der Waals surface area contributed by atoms with Crippen LogP contribution in [0, 0.1) is 0 Å². The normalized spacial score (nSPS) is 17.3. The maximum atomic E-state index is 6.06. The van der Waals surface area contributed by atoms with E-state index in [2.05, 4.69) is 35.4 Å². The zero-order valence-corrected chi connectivity index (χ0v) is 12.5. The third kappa shape index (κ3) is 3.24. The molecule has 1 aromatic heterocycles. The minimum Gasteiger partial charge on any atom is -0.489 e. The molecule has 3 heteroatoms. The van der Waals surface area contributed by atoms with E-state index in [0.29, 0.717) is 12.6 Å². The van der Waals surface area contributed by atoms with Gasteiger partial charge >= 0.3 is 0 Å². The van der Waals surface area contributed by atoms with Gasteiger partial charge in [0.15, 0.2) is 0 Å². The maximum absolute atomic E-state index is 6.06. The van der Waals surface area contributed by atoms with Crippen molar-refractivity contribution in [2.75, 3.05) is 6.54 Å². The predicted octanol–water partition coefficient (Wildman–Crippen LogP) is 3.65. The number of nitrogens with one attached hydrogen (secondary N) is 1. The number of pyridine rings is 1. The van der Waals surface area contributed by atoms with Crippen LogP contribution in [-0.4, -0.2) is 11.5 Å². The molecular weight excluding hydrogens is 260 g/mol. The smallest absolute Gasteiger partial charge is 0.123 e. The molecule has 0 fully saturated rings. The third-order valence-electron chi connectivity index (χ3n) is 4.06. The fourth-order valence-corrected chi connectivity index (χ4v) is 3.05. The van der Waals surface area contributed by atoms with Crippen molar-refractivity contribution < 1.29 is 4.74 Å². The van der Waals surface area contributed by atoms with Crippen molar-refractivity contribution in [3.05, 3.63) is 59.4 Å². The molecule has 0 spiro atoms. The van der Waals surface area contributed by atoms with Crippen LogP contribution in [0.1, 0.15) is 42.5 Å². The number of ether oxygens (including phenoxy) is 1. The molecule has 110 valence electrons. The molecule has 1 N–H and O–H groups in total. The van der Waals surface area contributed by atoms with Crippen LogP contribution in [0.4, 0.5) is 0 Å². The number of benzene rings is 1. The van der Waals surface area contributed by atoms with E-state index in [4.69, 9.17) is 4.74 Å². The molecule has 1 unspecified atom stereocenters. The molecule has 1 atom stereocenters. The summed E-state index contributed by atoms with van der Waals surface area (Å²) in [7, 11) is 0. The van der Waals surface area contributed by atoms with Crippen molar-refractivity contribution in [2.24, 2.45) is 0 Å². The van der Waals surface area contributed by atoms with Gasteiger partial charge in [-0.2, -0.15) is 0 Å². The first-order valence-corrected chi connectivity index (χ1v) is 7.75. The second-order valence-electron chi connectivity index (χ2n) is 5.47. The predicted molar refractivity (Wildman–Crippen MR) is 84.4 cm³/mol. The summed E-state index contributed by atoms with van der Waals surface area (Å²) in [6.07, 6.45) is 7.17. The zero-order chi connectivity index (χ0) is 14.5. The second kappa shape index (κ2) is 6.72. The van der Waals surface area contributed by atoms with Gasteiger partial charge in [0.2, 0.25) is 0 Å². The van der Waals surface area contributed by atoms with E-state index in [0.717, 1.165) is 24.3 Å². The Morgan fingerprint density at radius 3 is 2.90 bits per heavy atom. The molecular formula is C18H22N2O. The van der Waals surface area contributed by atoms with E-state index >= 15 is 0 Å². The summed E-state index contributed by atoms with van der Waals surface area (Å²) in [6, 6.07) is 10.9. The van der Waals surface area contributed by atoms with Crippen LogP contribution >= 0.6 is 0 Å². The lowest BCUT2D eigenvalue weighted by atomic mass is 9.87. The first-order chi connectivity index (χ1) is 10.4. The van der Waals surface area contributed by atoms with Crippen LogP contribution in [0.5, 0.6) is 5.75 Å². The summed E-state index contributed by atoms with van der Waals surface area (Å²) in [5.74, 6) is 1.03. The molecule has 2 aromatic rings. The highest BCUT2D eigenvalue weighted by molar-refractivity contribution is 5.43. The first kappa shape index (κ1) is 14.1. The standard InChI is InChI=1S/C18H22N2O/c1-2-20-17-7-3-6-16-15(17)5-4-8-18(16)21-13-14-9-11-19-12-10-14/h4-5,8-12,17,20H,2-3,6-7,13H2,1H3. The molecule has 0 radical (unpaired) electrons. The Morgan fingerprint density at radius 2 is 2.10 bits per heavy atom. The van der Waals surface area contributed by atoms with Crippen LogP contribution in [0.3, 0.4) is 0 Å².